The van der Waals surface area contributed by atoms with E-state index in [4.69, 9.17) is 0 Å². The van der Waals surface area contributed by atoms with Crippen LogP contribution in [0.5, 0.6) is 0 Å². The predicted octanol–water partition coefficient (Wildman–Crippen LogP) is 0.769. The predicted molar refractivity (Wildman–Crippen MR) is 96.8 cm³/mol. The van der Waals surface area contributed by atoms with E-state index in [1.54, 1.807) is 18.7 Å². The summed E-state index contributed by atoms with van der Waals surface area (Å²) in [5.74, 6) is 2.42. The molecule has 0 spiro atoms. The Morgan fingerprint density at radius 3 is 2.96 bits per heavy atom. The molecule has 0 aliphatic carbocycles. The second-order valence-corrected chi connectivity index (χ2v) is 7.03. The Morgan fingerprint density at radius 2 is 2.28 bits per heavy atom. The minimum Gasteiger partial charge on any atom is -0.369 e. The largest absolute Gasteiger partial charge is 0.369 e. The van der Waals surface area contributed by atoms with E-state index in [2.05, 4.69) is 30.5 Å². The van der Waals surface area contributed by atoms with Crippen molar-refractivity contribution in [2.45, 2.75) is 25.0 Å². The number of carbonyl (C=O) groups is 1. The van der Waals surface area contributed by atoms with E-state index in [1.807, 2.05) is 23.9 Å². The van der Waals surface area contributed by atoms with E-state index in [9.17, 15) is 4.79 Å². The van der Waals surface area contributed by atoms with Crippen molar-refractivity contribution in [3.05, 3.63) is 17.6 Å². The minimum atomic E-state index is 0.0774. The molecular weight excluding hydrogens is 340 g/mol. The van der Waals surface area contributed by atoms with Crippen LogP contribution in [0.15, 0.2) is 11.5 Å². The van der Waals surface area contributed by atoms with Gasteiger partial charge in [0.25, 0.3) is 0 Å². The van der Waals surface area contributed by atoms with Gasteiger partial charge in [-0.25, -0.2) is 9.97 Å². The lowest BCUT2D eigenvalue weighted by atomic mass is 10.1. The first-order valence-electron chi connectivity index (χ1n) is 8.09. The quantitative estimate of drug-likeness (QED) is 0.574. The molecule has 2 N–H and O–H groups in total. The number of aromatic nitrogens is 5. The maximum Gasteiger partial charge on any atom is 0.227 e. The third-order valence-corrected chi connectivity index (χ3v) is 4.80. The van der Waals surface area contributed by atoms with Crippen molar-refractivity contribution in [1.82, 2.24) is 30.0 Å². The molecular formula is C15H22N8OS. The summed E-state index contributed by atoms with van der Waals surface area (Å²) in [6, 6.07) is 0. The van der Waals surface area contributed by atoms with Crippen LogP contribution in [0, 0.1) is 0 Å². The fourth-order valence-electron chi connectivity index (χ4n) is 2.61. The van der Waals surface area contributed by atoms with Crippen molar-refractivity contribution in [2.75, 3.05) is 43.2 Å². The molecule has 0 saturated carbocycles. The molecule has 1 aliphatic rings. The maximum atomic E-state index is 11.7. The summed E-state index contributed by atoms with van der Waals surface area (Å²) in [6.07, 6.45) is 2.26. The Balaban J connectivity index is 1.72. The van der Waals surface area contributed by atoms with Gasteiger partial charge in [0, 0.05) is 45.4 Å². The van der Waals surface area contributed by atoms with Crippen molar-refractivity contribution in [1.29, 1.82) is 0 Å². The number of fused-ring (bicyclic) bond motifs is 1. The summed E-state index contributed by atoms with van der Waals surface area (Å²) in [6.45, 7) is 3.58. The molecule has 0 saturated heterocycles. The van der Waals surface area contributed by atoms with Gasteiger partial charge in [-0.1, -0.05) is 11.8 Å². The molecule has 25 heavy (non-hydrogen) atoms. The number of anilines is 2. The third kappa shape index (κ3) is 4.19. The zero-order valence-electron chi connectivity index (χ0n) is 14.6. The lowest BCUT2D eigenvalue weighted by Crippen LogP contribution is -2.36. The molecule has 1 amide bonds. The number of thioether (sulfide) groups is 1. The van der Waals surface area contributed by atoms with Crippen LogP contribution in [0.25, 0.3) is 0 Å². The van der Waals surface area contributed by atoms with Gasteiger partial charge in [-0.05, 0) is 6.42 Å². The van der Waals surface area contributed by atoms with E-state index >= 15 is 0 Å². The van der Waals surface area contributed by atoms with Crippen LogP contribution < -0.4 is 10.2 Å². The van der Waals surface area contributed by atoms with Crippen LogP contribution >= 0.6 is 11.8 Å². The van der Waals surface area contributed by atoms with Crippen LogP contribution in [0.3, 0.4) is 0 Å². The molecule has 0 atom stereocenters. The Hall–Kier alpha value is -2.36. The number of H-pyrrole nitrogens is 1. The topological polar surface area (TPSA) is 103 Å². The third-order valence-electron chi connectivity index (χ3n) is 3.92. The number of carbonyl (C=O) groups excluding carboxylic acids is 1. The lowest BCUT2D eigenvalue weighted by Gasteiger charge is -2.29. The fourth-order valence-corrected chi connectivity index (χ4v) is 3.25. The Morgan fingerprint density at radius 1 is 1.44 bits per heavy atom. The van der Waals surface area contributed by atoms with Gasteiger partial charge in [0.1, 0.15) is 12.1 Å². The monoisotopic (exact) mass is 362 g/mol. The van der Waals surface area contributed by atoms with Crippen molar-refractivity contribution in [2.24, 2.45) is 0 Å². The van der Waals surface area contributed by atoms with Crippen molar-refractivity contribution in [3.8, 4) is 0 Å². The van der Waals surface area contributed by atoms with Crippen LogP contribution in [0.2, 0.25) is 0 Å². The van der Waals surface area contributed by atoms with Gasteiger partial charge in [0.05, 0.1) is 12.2 Å². The molecule has 0 bridgehead atoms. The number of nitrogens with zero attached hydrogens (tertiary/aromatic N) is 6. The van der Waals surface area contributed by atoms with Crippen LogP contribution in [-0.4, -0.2) is 68.9 Å². The molecule has 10 heteroatoms. The number of rotatable bonds is 6. The highest BCUT2D eigenvalue weighted by Crippen LogP contribution is 2.26. The van der Waals surface area contributed by atoms with E-state index in [0.29, 0.717) is 19.0 Å². The second-order valence-electron chi connectivity index (χ2n) is 5.95. The molecule has 9 nitrogen and oxygen atoms in total. The van der Waals surface area contributed by atoms with E-state index in [0.717, 1.165) is 41.0 Å². The number of hydrogen-bond acceptors (Lipinski definition) is 8. The van der Waals surface area contributed by atoms with Crippen LogP contribution in [0.1, 0.15) is 18.2 Å². The van der Waals surface area contributed by atoms with Gasteiger partial charge in [-0.3, -0.25) is 9.89 Å². The molecule has 134 valence electrons. The van der Waals surface area contributed by atoms with Crippen molar-refractivity contribution >= 4 is 29.4 Å². The first-order chi connectivity index (χ1) is 12.0. The first-order valence-corrected chi connectivity index (χ1v) is 9.08. The number of aromatic amines is 1. The number of hydrogen-bond donors (Lipinski definition) is 2. The second kappa shape index (κ2) is 7.68. The summed E-state index contributed by atoms with van der Waals surface area (Å²) in [4.78, 5) is 28.7. The van der Waals surface area contributed by atoms with Gasteiger partial charge in [-0.2, -0.15) is 10.1 Å². The molecule has 2 aromatic rings. The van der Waals surface area contributed by atoms with Crippen LogP contribution in [-0.2, 0) is 17.8 Å². The SMILES string of the molecule is CC(=O)N1CCc2c(nc(N(C)C)nc2NCCSc2ncn[nH]2)C1. The smallest absolute Gasteiger partial charge is 0.227 e. The molecule has 3 rings (SSSR count). The van der Waals surface area contributed by atoms with Crippen LogP contribution in [0.4, 0.5) is 11.8 Å². The average molecular weight is 362 g/mol. The molecule has 2 aromatic heterocycles. The Kier molecular flexibility index (Phi) is 5.37. The highest BCUT2D eigenvalue weighted by Gasteiger charge is 2.24. The Bertz CT molecular complexity index is 733. The minimum absolute atomic E-state index is 0.0774. The van der Waals surface area contributed by atoms with Gasteiger partial charge < -0.3 is 15.1 Å². The zero-order chi connectivity index (χ0) is 17.8. The Labute approximate surface area is 150 Å². The molecule has 0 radical (unpaired) electrons. The number of amides is 1. The molecule has 3 heterocycles. The van der Waals surface area contributed by atoms with E-state index in [-0.39, 0.29) is 5.91 Å². The summed E-state index contributed by atoms with van der Waals surface area (Å²) in [5.41, 5.74) is 2.03. The number of nitrogens with one attached hydrogen (secondary N) is 2. The van der Waals surface area contributed by atoms with Crippen molar-refractivity contribution < 1.29 is 4.79 Å². The average Bonchev–Trinajstić information content (AvgIpc) is 3.11. The standard InChI is InChI=1S/C15H22N8OS/c1-10(24)23-6-4-11-12(8-23)19-14(22(2)3)20-13(11)16-5-7-25-15-17-9-18-21-15/h9H,4-8H2,1-3H3,(H,16,19,20)(H,17,18,21). The normalized spacial score (nSPS) is 13.5. The van der Waals surface area contributed by atoms with E-state index < -0.39 is 0 Å². The molecule has 1 aliphatic heterocycles. The first kappa shape index (κ1) is 17.5. The summed E-state index contributed by atoms with van der Waals surface area (Å²) < 4.78 is 0. The van der Waals surface area contributed by atoms with Gasteiger partial charge >= 0.3 is 0 Å². The highest BCUT2D eigenvalue weighted by atomic mass is 32.2. The summed E-state index contributed by atoms with van der Waals surface area (Å²) in [7, 11) is 3.83. The maximum absolute atomic E-state index is 11.7. The van der Waals surface area contributed by atoms with Crippen molar-refractivity contribution in [3.63, 3.8) is 0 Å². The van der Waals surface area contributed by atoms with E-state index in [1.165, 1.54) is 6.33 Å². The highest BCUT2D eigenvalue weighted by molar-refractivity contribution is 7.99. The van der Waals surface area contributed by atoms with Gasteiger partial charge in [-0.15, -0.1) is 0 Å². The van der Waals surface area contributed by atoms with Gasteiger partial charge in [0.15, 0.2) is 5.16 Å². The summed E-state index contributed by atoms with van der Waals surface area (Å²) >= 11 is 1.60. The molecule has 0 unspecified atom stereocenters. The zero-order valence-corrected chi connectivity index (χ0v) is 15.4. The molecule has 0 aromatic carbocycles. The molecule has 0 fully saturated rings. The lowest BCUT2D eigenvalue weighted by molar-refractivity contribution is -0.129. The van der Waals surface area contributed by atoms with Gasteiger partial charge in [0.2, 0.25) is 11.9 Å². The summed E-state index contributed by atoms with van der Waals surface area (Å²) in [5, 5.41) is 10.9. The fraction of sp³-hybridized carbons (Fsp3) is 0.533.